The van der Waals surface area contributed by atoms with Crippen molar-refractivity contribution >= 4 is 11.9 Å². The van der Waals surface area contributed by atoms with Crippen molar-refractivity contribution in [2.24, 2.45) is 0 Å². The van der Waals surface area contributed by atoms with Gasteiger partial charge in [-0.15, -0.1) is 0 Å². The number of hydrogen-bond acceptors (Lipinski definition) is 3. The summed E-state index contributed by atoms with van der Waals surface area (Å²) in [6.07, 6.45) is 4.55. The van der Waals surface area contributed by atoms with Gasteiger partial charge in [-0.05, 0) is 25.7 Å². The summed E-state index contributed by atoms with van der Waals surface area (Å²) in [6.45, 7) is 1.31. The molecule has 1 rings (SSSR count). The number of carboxylic acid groups (broad SMARTS) is 1. The highest BCUT2D eigenvalue weighted by Crippen LogP contribution is 2.19. The van der Waals surface area contributed by atoms with Gasteiger partial charge in [0, 0.05) is 26.7 Å². The average Bonchev–Trinajstić information content (AvgIpc) is 2.77. The van der Waals surface area contributed by atoms with Crippen LogP contribution in [-0.2, 0) is 14.3 Å². The van der Waals surface area contributed by atoms with Crippen LogP contribution in [0.2, 0.25) is 0 Å². The smallest absolute Gasteiger partial charge is 0.326 e. The second-order valence-corrected chi connectivity index (χ2v) is 4.39. The van der Waals surface area contributed by atoms with Crippen molar-refractivity contribution in [2.75, 3.05) is 20.3 Å². The molecule has 0 aromatic heterocycles. The maximum Gasteiger partial charge on any atom is 0.326 e. The molecule has 1 amide bonds. The summed E-state index contributed by atoms with van der Waals surface area (Å²) in [7, 11) is 1.66. The Bertz CT molecular complexity index is 267. The molecule has 1 saturated heterocycles. The van der Waals surface area contributed by atoms with Crippen LogP contribution in [0.1, 0.15) is 38.5 Å². The lowest BCUT2D eigenvalue weighted by Crippen LogP contribution is -2.40. The summed E-state index contributed by atoms with van der Waals surface area (Å²) in [5.74, 6) is -0.900. The van der Waals surface area contributed by atoms with Crippen molar-refractivity contribution in [2.45, 2.75) is 44.6 Å². The van der Waals surface area contributed by atoms with E-state index in [9.17, 15) is 9.59 Å². The summed E-state index contributed by atoms with van der Waals surface area (Å²) < 4.78 is 4.92. The molecular formula is C12H21NO4. The van der Waals surface area contributed by atoms with Gasteiger partial charge >= 0.3 is 5.97 Å². The number of methoxy groups -OCH3 is 1. The van der Waals surface area contributed by atoms with E-state index >= 15 is 0 Å². The van der Waals surface area contributed by atoms with Crippen LogP contribution in [0.25, 0.3) is 0 Å². The summed E-state index contributed by atoms with van der Waals surface area (Å²) >= 11 is 0. The number of carboxylic acids is 1. The standard InChI is InChI=1S/C12H21NO4/c1-17-9-4-2-3-7-11(14)13-8-5-6-10(13)12(15)16/h10H,2-9H2,1H3,(H,15,16). The molecule has 98 valence electrons. The molecule has 1 heterocycles. The Balaban J connectivity index is 2.25. The van der Waals surface area contributed by atoms with E-state index in [0.717, 1.165) is 32.3 Å². The van der Waals surface area contributed by atoms with Crippen LogP contribution in [0.4, 0.5) is 0 Å². The molecule has 1 aliphatic heterocycles. The van der Waals surface area contributed by atoms with Crippen molar-refractivity contribution in [1.29, 1.82) is 0 Å². The molecule has 0 radical (unpaired) electrons. The molecule has 0 aliphatic carbocycles. The first-order valence-corrected chi connectivity index (χ1v) is 6.18. The SMILES string of the molecule is COCCCCCC(=O)N1CCCC1C(=O)O. The largest absolute Gasteiger partial charge is 0.480 e. The lowest BCUT2D eigenvalue weighted by molar-refractivity contribution is -0.148. The average molecular weight is 243 g/mol. The van der Waals surface area contributed by atoms with Gasteiger partial charge in [0.1, 0.15) is 6.04 Å². The molecule has 5 heteroatoms. The second kappa shape index (κ2) is 7.27. The van der Waals surface area contributed by atoms with Gasteiger partial charge in [0.15, 0.2) is 0 Å². The van der Waals surface area contributed by atoms with Gasteiger partial charge < -0.3 is 14.7 Å². The predicted molar refractivity (Wildman–Crippen MR) is 62.7 cm³/mol. The zero-order valence-electron chi connectivity index (χ0n) is 10.4. The first-order chi connectivity index (χ1) is 8.16. The van der Waals surface area contributed by atoms with Gasteiger partial charge in [0.05, 0.1) is 0 Å². The first-order valence-electron chi connectivity index (χ1n) is 6.18. The van der Waals surface area contributed by atoms with Crippen molar-refractivity contribution in [1.82, 2.24) is 4.90 Å². The van der Waals surface area contributed by atoms with Crippen molar-refractivity contribution in [3.8, 4) is 0 Å². The molecule has 0 saturated carbocycles. The number of carbonyl (C=O) groups is 2. The Labute approximate surface area is 102 Å². The molecular weight excluding hydrogens is 222 g/mol. The summed E-state index contributed by atoms with van der Waals surface area (Å²) in [6, 6.07) is -0.596. The number of ether oxygens (including phenoxy) is 1. The van der Waals surface area contributed by atoms with Gasteiger partial charge in [-0.25, -0.2) is 4.79 Å². The number of nitrogens with zero attached hydrogens (tertiary/aromatic N) is 1. The Hall–Kier alpha value is -1.10. The minimum Gasteiger partial charge on any atom is -0.480 e. The summed E-state index contributed by atoms with van der Waals surface area (Å²) in [5, 5.41) is 8.96. The fraction of sp³-hybridized carbons (Fsp3) is 0.833. The molecule has 0 bridgehead atoms. The van der Waals surface area contributed by atoms with Crippen LogP contribution in [0.15, 0.2) is 0 Å². The third-order valence-electron chi connectivity index (χ3n) is 3.10. The van der Waals surface area contributed by atoms with E-state index in [2.05, 4.69) is 0 Å². The highest BCUT2D eigenvalue weighted by molar-refractivity contribution is 5.84. The molecule has 0 aromatic rings. The Morgan fingerprint density at radius 2 is 2.12 bits per heavy atom. The number of amides is 1. The Morgan fingerprint density at radius 1 is 1.35 bits per heavy atom. The normalized spacial score (nSPS) is 19.6. The van der Waals surface area contributed by atoms with Gasteiger partial charge in [0.25, 0.3) is 0 Å². The first kappa shape index (κ1) is 14.0. The number of unbranched alkanes of at least 4 members (excludes halogenated alkanes) is 2. The van der Waals surface area contributed by atoms with E-state index < -0.39 is 12.0 Å². The quantitative estimate of drug-likeness (QED) is 0.684. The molecule has 0 aromatic carbocycles. The van der Waals surface area contributed by atoms with Gasteiger partial charge in [0.2, 0.25) is 5.91 Å². The van der Waals surface area contributed by atoms with Crippen LogP contribution in [0.3, 0.4) is 0 Å². The number of rotatable bonds is 7. The van der Waals surface area contributed by atoms with Crippen LogP contribution >= 0.6 is 0 Å². The third-order valence-corrected chi connectivity index (χ3v) is 3.10. The lowest BCUT2D eigenvalue weighted by atomic mass is 10.1. The van der Waals surface area contributed by atoms with Crippen LogP contribution in [0.5, 0.6) is 0 Å². The topological polar surface area (TPSA) is 66.8 Å². The maximum absolute atomic E-state index is 11.8. The molecule has 5 nitrogen and oxygen atoms in total. The Morgan fingerprint density at radius 3 is 2.76 bits per heavy atom. The summed E-state index contributed by atoms with van der Waals surface area (Å²) in [5.41, 5.74) is 0. The zero-order chi connectivity index (χ0) is 12.7. The third kappa shape index (κ3) is 4.34. The molecule has 1 fully saturated rings. The van der Waals surface area contributed by atoms with E-state index in [-0.39, 0.29) is 5.91 Å². The van der Waals surface area contributed by atoms with Gasteiger partial charge in [-0.2, -0.15) is 0 Å². The zero-order valence-corrected chi connectivity index (χ0v) is 10.4. The van der Waals surface area contributed by atoms with E-state index in [1.54, 1.807) is 7.11 Å². The van der Waals surface area contributed by atoms with Crippen molar-refractivity contribution < 1.29 is 19.4 Å². The monoisotopic (exact) mass is 243 g/mol. The van der Waals surface area contributed by atoms with Crippen LogP contribution in [-0.4, -0.2) is 48.2 Å². The lowest BCUT2D eigenvalue weighted by Gasteiger charge is -2.21. The number of carbonyl (C=O) groups excluding carboxylic acids is 1. The van der Waals surface area contributed by atoms with E-state index in [0.29, 0.717) is 19.4 Å². The maximum atomic E-state index is 11.8. The van der Waals surface area contributed by atoms with E-state index in [1.807, 2.05) is 0 Å². The molecule has 1 aliphatic rings. The van der Waals surface area contributed by atoms with Crippen molar-refractivity contribution in [3.05, 3.63) is 0 Å². The fourth-order valence-corrected chi connectivity index (χ4v) is 2.16. The highest BCUT2D eigenvalue weighted by Gasteiger charge is 2.33. The molecule has 1 unspecified atom stereocenters. The molecule has 0 spiro atoms. The summed E-state index contributed by atoms with van der Waals surface area (Å²) in [4.78, 5) is 24.3. The van der Waals surface area contributed by atoms with Gasteiger partial charge in [-0.3, -0.25) is 4.79 Å². The highest BCUT2D eigenvalue weighted by atomic mass is 16.5. The number of likely N-dealkylation sites (tertiary alicyclic amines) is 1. The van der Waals surface area contributed by atoms with Crippen LogP contribution < -0.4 is 0 Å². The molecule has 1 N–H and O–H groups in total. The minimum atomic E-state index is -0.879. The van der Waals surface area contributed by atoms with Crippen molar-refractivity contribution in [3.63, 3.8) is 0 Å². The predicted octanol–water partition coefficient (Wildman–Crippen LogP) is 1.27. The van der Waals surface area contributed by atoms with Gasteiger partial charge in [-0.1, -0.05) is 6.42 Å². The number of hydrogen-bond donors (Lipinski definition) is 1. The molecule has 1 atom stereocenters. The van der Waals surface area contributed by atoms with E-state index in [4.69, 9.17) is 9.84 Å². The Kier molecular flexibility index (Phi) is 5.97. The second-order valence-electron chi connectivity index (χ2n) is 4.39. The number of aliphatic carboxylic acids is 1. The minimum absolute atomic E-state index is 0.0210. The van der Waals surface area contributed by atoms with Crippen LogP contribution in [0, 0.1) is 0 Å². The fourth-order valence-electron chi connectivity index (χ4n) is 2.16. The van der Waals surface area contributed by atoms with E-state index in [1.165, 1.54) is 4.90 Å². The molecule has 17 heavy (non-hydrogen) atoms.